The number of nitrogens with one attached hydrogen (secondary N) is 2. The monoisotopic (exact) mass is 362 g/mol. The van der Waals surface area contributed by atoms with Crippen LogP contribution in [0, 0.1) is 12.8 Å². The van der Waals surface area contributed by atoms with Crippen molar-refractivity contribution in [3.8, 4) is 0 Å². The van der Waals surface area contributed by atoms with Gasteiger partial charge >= 0.3 is 0 Å². The Balaban J connectivity index is 1.57. The molecule has 3 rings (SSSR count). The SMILES string of the molecule is CCc1[nH]c2ccc(CNC(=O)CC3CCS(=O)(=O)CC3)cc2c1C. The highest BCUT2D eigenvalue weighted by atomic mass is 32.2. The summed E-state index contributed by atoms with van der Waals surface area (Å²) in [4.78, 5) is 15.6. The lowest BCUT2D eigenvalue weighted by Gasteiger charge is -2.21. The van der Waals surface area contributed by atoms with Gasteiger partial charge in [0.05, 0.1) is 11.5 Å². The molecule has 1 fully saturated rings. The van der Waals surface area contributed by atoms with Crippen molar-refractivity contribution < 1.29 is 13.2 Å². The van der Waals surface area contributed by atoms with Crippen LogP contribution in [-0.2, 0) is 27.6 Å². The summed E-state index contributed by atoms with van der Waals surface area (Å²) < 4.78 is 22.9. The van der Waals surface area contributed by atoms with E-state index in [1.165, 1.54) is 16.6 Å². The normalized spacial score (nSPS) is 17.7. The van der Waals surface area contributed by atoms with Crippen LogP contribution in [0.25, 0.3) is 10.9 Å². The van der Waals surface area contributed by atoms with Gasteiger partial charge in [0.1, 0.15) is 9.84 Å². The molecule has 1 saturated heterocycles. The Hall–Kier alpha value is -1.82. The number of H-pyrrole nitrogens is 1. The largest absolute Gasteiger partial charge is 0.358 e. The van der Waals surface area contributed by atoms with Crippen molar-refractivity contribution in [3.63, 3.8) is 0 Å². The van der Waals surface area contributed by atoms with Crippen LogP contribution in [0.2, 0.25) is 0 Å². The van der Waals surface area contributed by atoms with Gasteiger partial charge in [0.15, 0.2) is 0 Å². The first kappa shape index (κ1) is 18.0. The van der Waals surface area contributed by atoms with E-state index in [0.29, 0.717) is 25.8 Å². The molecule has 5 nitrogen and oxygen atoms in total. The molecule has 2 N–H and O–H groups in total. The Morgan fingerprint density at radius 2 is 2.00 bits per heavy atom. The Morgan fingerprint density at radius 1 is 1.28 bits per heavy atom. The number of carbonyl (C=O) groups is 1. The molecule has 2 aromatic rings. The minimum absolute atomic E-state index is 0.00410. The molecule has 0 saturated carbocycles. The van der Waals surface area contributed by atoms with E-state index in [9.17, 15) is 13.2 Å². The van der Waals surface area contributed by atoms with Crippen molar-refractivity contribution in [2.75, 3.05) is 11.5 Å². The van der Waals surface area contributed by atoms with Crippen LogP contribution in [0.1, 0.15) is 43.0 Å². The number of rotatable bonds is 5. The third-order valence-corrected chi connectivity index (χ3v) is 6.93. The highest BCUT2D eigenvalue weighted by Crippen LogP contribution is 2.24. The quantitative estimate of drug-likeness (QED) is 0.858. The fourth-order valence-electron chi connectivity index (χ4n) is 3.57. The molecule has 25 heavy (non-hydrogen) atoms. The number of sulfone groups is 1. The molecule has 1 aliphatic heterocycles. The lowest BCUT2D eigenvalue weighted by molar-refractivity contribution is -0.122. The van der Waals surface area contributed by atoms with Gasteiger partial charge in [0.25, 0.3) is 0 Å². The molecule has 0 radical (unpaired) electrons. The van der Waals surface area contributed by atoms with Crippen LogP contribution >= 0.6 is 0 Å². The van der Waals surface area contributed by atoms with Crippen LogP contribution in [0.3, 0.4) is 0 Å². The van der Waals surface area contributed by atoms with Gasteiger partial charge in [-0.15, -0.1) is 0 Å². The Morgan fingerprint density at radius 3 is 2.68 bits per heavy atom. The molecule has 1 aromatic carbocycles. The first-order valence-electron chi connectivity index (χ1n) is 8.95. The molecule has 0 unspecified atom stereocenters. The van der Waals surface area contributed by atoms with Crippen LogP contribution in [0.5, 0.6) is 0 Å². The molecule has 136 valence electrons. The molecule has 6 heteroatoms. The highest BCUT2D eigenvalue weighted by molar-refractivity contribution is 7.91. The molecule has 0 spiro atoms. The van der Waals surface area contributed by atoms with Crippen molar-refractivity contribution in [3.05, 3.63) is 35.0 Å². The van der Waals surface area contributed by atoms with Crippen molar-refractivity contribution in [2.45, 2.75) is 46.1 Å². The third-order valence-electron chi connectivity index (χ3n) is 5.22. The van der Waals surface area contributed by atoms with Crippen molar-refractivity contribution in [2.24, 2.45) is 5.92 Å². The summed E-state index contributed by atoms with van der Waals surface area (Å²) in [5.74, 6) is 0.622. The molecule has 1 amide bonds. The maximum Gasteiger partial charge on any atom is 0.220 e. The molecule has 1 aromatic heterocycles. The molecular weight excluding hydrogens is 336 g/mol. The second kappa shape index (κ2) is 7.20. The molecule has 0 bridgehead atoms. The second-order valence-corrected chi connectivity index (χ2v) is 9.34. The number of aryl methyl sites for hydroxylation is 2. The molecular formula is C19H26N2O3S. The summed E-state index contributed by atoms with van der Waals surface area (Å²) in [6.45, 7) is 4.76. The molecule has 0 aliphatic carbocycles. The number of amides is 1. The topological polar surface area (TPSA) is 79.0 Å². The maximum absolute atomic E-state index is 12.2. The van der Waals surface area contributed by atoms with Gasteiger partial charge < -0.3 is 10.3 Å². The van der Waals surface area contributed by atoms with E-state index in [2.05, 4.69) is 36.3 Å². The summed E-state index contributed by atoms with van der Waals surface area (Å²) in [7, 11) is -2.87. The third kappa shape index (κ3) is 4.24. The van der Waals surface area contributed by atoms with Crippen molar-refractivity contribution >= 4 is 26.6 Å². The molecule has 0 atom stereocenters. The van der Waals surface area contributed by atoms with Gasteiger partial charge in [0.2, 0.25) is 5.91 Å². The van der Waals surface area contributed by atoms with Gasteiger partial charge in [-0.3, -0.25) is 4.79 Å². The zero-order valence-electron chi connectivity index (χ0n) is 14.9. The lowest BCUT2D eigenvalue weighted by atomic mass is 9.98. The zero-order chi connectivity index (χ0) is 18.0. The predicted octanol–water partition coefficient (Wildman–Crippen LogP) is 2.87. The van der Waals surface area contributed by atoms with Gasteiger partial charge in [-0.25, -0.2) is 8.42 Å². The predicted molar refractivity (Wildman–Crippen MR) is 100 cm³/mol. The second-order valence-electron chi connectivity index (χ2n) is 7.04. The van der Waals surface area contributed by atoms with Crippen LogP contribution in [0.4, 0.5) is 0 Å². The smallest absolute Gasteiger partial charge is 0.220 e. The van der Waals surface area contributed by atoms with Gasteiger partial charge in [-0.2, -0.15) is 0 Å². The highest BCUT2D eigenvalue weighted by Gasteiger charge is 2.25. The summed E-state index contributed by atoms with van der Waals surface area (Å²) in [5, 5.41) is 4.18. The van der Waals surface area contributed by atoms with Crippen LogP contribution < -0.4 is 5.32 Å². The number of hydrogen-bond donors (Lipinski definition) is 2. The standard InChI is InChI=1S/C19H26N2O3S/c1-3-17-13(2)16-10-15(4-5-18(16)21-17)12-20-19(22)11-14-6-8-25(23,24)9-7-14/h4-5,10,14,21H,3,6-9,11-12H2,1-2H3,(H,20,22). The first-order chi connectivity index (χ1) is 11.9. The summed E-state index contributed by atoms with van der Waals surface area (Å²) in [5.41, 5.74) is 4.74. The fourth-order valence-corrected chi connectivity index (χ4v) is 5.16. The minimum atomic E-state index is -2.87. The van der Waals surface area contributed by atoms with Gasteiger partial charge in [0, 0.05) is 29.6 Å². The Bertz CT molecular complexity index is 869. The fraction of sp³-hybridized carbons (Fsp3) is 0.526. The first-order valence-corrected chi connectivity index (χ1v) is 10.8. The Labute approximate surface area is 149 Å². The number of aromatic amines is 1. The summed E-state index contributed by atoms with van der Waals surface area (Å²) in [6.07, 6.45) is 2.60. The van der Waals surface area contributed by atoms with E-state index in [1.807, 2.05) is 6.07 Å². The van der Waals surface area contributed by atoms with Crippen molar-refractivity contribution in [1.82, 2.24) is 10.3 Å². The minimum Gasteiger partial charge on any atom is -0.358 e. The number of aromatic nitrogens is 1. The van der Waals surface area contributed by atoms with E-state index in [0.717, 1.165) is 17.5 Å². The number of hydrogen-bond acceptors (Lipinski definition) is 3. The van der Waals surface area contributed by atoms with E-state index in [1.54, 1.807) is 0 Å². The number of benzene rings is 1. The van der Waals surface area contributed by atoms with E-state index < -0.39 is 9.84 Å². The maximum atomic E-state index is 12.2. The van der Waals surface area contributed by atoms with E-state index in [-0.39, 0.29) is 23.3 Å². The van der Waals surface area contributed by atoms with E-state index in [4.69, 9.17) is 0 Å². The summed E-state index contributed by atoms with van der Waals surface area (Å²) in [6, 6.07) is 6.23. The number of carbonyl (C=O) groups excluding carboxylic acids is 1. The average molecular weight is 362 g/mol. The van der Waals surface area contributed by atoms with Crippen LogP contribution in [-0.4, -0.2) is 30.8 Å². The molecule has 2 heterocycles. The van der Waals surface area contributed by atoms with Gasteiger partial charge in [-0.05, 0) is 55.4 Å². The van der Waals surface area contributed by atoms with Crippen LogP contribution in [0.15, 0.2) is 18.2 Å². The lowest BCUT2D eigenvalue weighted by Crippen LogP contribution is -2.29. The van der Waals surface area contributed by atoms with Gasteiger partial charge in [-0.1, -0.05) is 13.0 Å². The van der Waals surface area contributed by atoms with E-state index >= 15 is 0 Å². The Kier molecular flexibility index (Phi) is 5.18. The zero-order valence-corrected chi connectivity index (χ0v) is 15.7. The average Bonchev–Trinajstić information content (AvgIpc) is 2.91. The van der Waals surface area contributed by atoms with Crippen molar-refractivity contribution in [1.29, 1.82) is 0 Å². The molecule has 1 aliphatic rings. The summed E-state index contributed by atoms with van der Waals surface area (Å²) >= 11 is 0. The number of fused-ring (bicyclic) bond motifs is 1.